The SMILES string of the molecule is CC.CC.CS(=O)(=O)O.CS(=O)(=O)O.Cc1ccc(C)cc1.Cc1ccc(C)cc1.c1ccc(-c2ccc(-c3ccccc3)c(-c3ccc(-c4c(-c5ccccc5)ccc(-c5ccccc5)c4-c4ccccc4)cc3)c2-c2ccccc2)cc1.c1ccc(-c2ccc(-c3ccccc3)c(-c3ccc(-c4c(-c5ccccc5)ccc(-c5ccccc5)c4-c4ccccc4)cc3)c2-c2ccccc2)cc1. The van der Waals surface area contributed by atoms with Crippen molar-refractivity contribution >= 4 is 20.2 Å². The van der Waals surface area contributed by atoms with Crippen LogP contribution < -0.4 is 0 Å². The molecule has 0 amide bonds. The first-order valence-corrected chi connectivity index (χ1v) is 50.4. The maximum absolute atomic E-state index is 9.19. The summed E-state index contributed by atoms with van der Waals surface area (Å²) in [4.78, 5) is 0. The minimum Gasteiger partial charge on any atom is -0.286 e. The zero-order valence-electron chi connectivity index (χ0n) is 79.8. The van der Waals surface area contributed by atoms with Crippen molar-refractivity contribution in [1.82, 2.24) is 0 Å². The highest BCUT2D eigenvalue weighted by atomic mass is 32.2. The molecule has 684 valence electrons. The normalized spacial score (nSPS) is 10.6. The van der Waals surface area contributed by atoms with Crippen LogP contribution in [0.3, 0.4) is 0 Å². The maximum Gasteiger partial charge on any atom is 0.261 e. The van der Waals surface area contributed by atoms with E-state index in [1.165, 1.54) is 200 Å². The first-order chi connectivity index (χ1) is 67.2. The summed E-state index contributed by atoms with van der Waals surface area (Å²) in [5.74, 6) is 0. The van der Waals surface area contributed by atoms with Gasteiger partial charge in [0.1, 0.15) is 0 Å². The van der Waals surface area contributed by atoms with Gasteiger partial charge in [0, 0.05) is 0 Å². The maximum atomic E-state index is 9.19. The van der Waals surface area contributed by atoms with Crippen molar-refractivity contribution in [2.24, 2.45) is 0 Å². The Labute approximate surface area is 817 Å². The Hall–Kier alpha value is -15.8. The molecule has 0 aliphatic rings. The van der Waals surface area contributed by atoms with Crippen molar-refractivity contribution < 1.29 is 25.9 Å². The van der Waals surface area contributed by atoms with Gasteiger partial charge >= 0.3 is 0 Å². The lowest BCUT2D eigenvalue weighted by molar-refractivity contribution is 0.488. The van der Waals surface area contributed by atoms with E-state index in [0.29, 0.717) is 12.5 Å². The Morgan fingerprint density at radius 1 is 0.130 bits per heavy atom. The van der Waals surface area contributed by atoms with Crippen molar-refractivity contribution in [3.05, 3.63) is 532 Å². The molecule has 2 N–H and O–H groups in total. The van der Waals surface area contributed by atoms with E-state index in [9.17, 15) is 16.8 Å². The van der Waals surface area contributed by atoms with Gasteiger partial charge in [-0.25, -0.2) is 0 Å². The van der Waals surface area contributed by atoms with E-state index in [0.717, 1.165) is 0 Å². The Morgan fingerprint density at radius 2 is 0.210 bits per heavy atom. The molecule has 0 saturated heterocycles. The minimum atomic E-state index is -3.67. The first-order valence-electron chi connectivity index (χ1n) is 46.7. The predicted molar refractivity (Wildman–Crippen MR) is 589 cm³/mol. The molecule has 0 unspecified atom stereocenters. The van der Waals surface area contributed by atoms with Gasteiger partial charge in [-0.2, -0.15) is 16.8 Å². The summed E-state index contributed by atoms with van der Waals surface area (Å²) >= 11 is 0. The monoisotopic (exact) mass is 1840 g/mol. The molecule has 8 heteroatoms. The molecule has 0 saturated carbocycles. The average Bonchev–Trinajstić information content (AvgIpc) is 0.753. The Bertz CT molecular complexity index is 6550. The van der Waals surface area contributed by atoms with Crippen molar-refractivity contribution in [2.75, 3.05) is 12.5 Å². The van der Waals surface area contributed by atoms with E-state index in [4.69, 9.17) is 9.11 Å². The summed E-state index contributed by atoms with van der Waals surface area (Å²) in [5.41, 5.74) is 43.9. The van der Waals surface area contributed by atoms with Crippen LogP contribution in [0, 0.1) is 27.7 Å². The molecule has 0 radical (unpaired) electrons. The van der Waals surface area contributed by atoms with Crippen LogP contribution in [-0.2, 0) is 20.2 Å². The third-order valence-electron chi connectivity index (χ3n) is 23.1. The number of hydrogen-bond donors (Lipinski definition) is 2. The number of benzene rings is 20. The first kappa shape index (κ1) is 99.7. The van der Waals surface area contributed by atoms with E-state index >= 15 is 0 Å². The van der Waals surface area contributed by atoms with Crippen LogP contribution in [0.2, 0.25) is 0 Å². The third kappa shape index (κ3) is 26.9. The van der Waals surface area contributed by atoms with Gasteiger partial charge in [-0.3, -0.25) is 9.11 Å². The number of aryl methyl sites for hydroxylation is 4. The predicted octanol–water partition coefficient (Wildman–Crippen LogP) is 35.7. The van der Waals surface area contributed by atoms with E-state index in [2.05, 4.69) is 537 Å². The lowest BCUT2D eigenvalue weighted by atomic mass is 9.81. The van der Waals surface area contributed by atoms with Crippen LogP contribution in [0.25, 0.3) is 178 Å². The lowest BCUT2D eigenvalue weighted by Crippen LogP contribution is -1.96. The quantitative estimate of drug-likeness (QED) is 0.0933. The summed E-state index contributed by atoms with van der Waals surface area (Å²) in [6.07, 6.45) is 1.43. The molecule has 0 aliphatic heterocycles. The zero-order chi connectivity index (χ0) is 97.2. The summed E-state index contributed by atoms with van der Waals surface area (Å²) < 4.78 is 51.7. The second kappa shape index (κ2) is 49.5. The van der Waals surface area contributed by atoms with Gasteiger partial charge in [0.15, 0.2) is 0 Å². The summed E-state index contributed by atoms with van der Waals surface area (Å²) in [6, 6.07) is 184. The van der Waals surface area contributed by atoms with Crippen LogP contribution in [0.15, 0.2) is 510 Å². The van der Waals surface area contributed by atoms with Crippen LogP contribution >= 0.6 is 0 Å². The topological polar surface area (TPSA) is 109 Å². The molecule has 0 atom stereocenters. The molecule has 0 aliphatic carbocycles. The molecule has 20 aromatic carbocycles. The van der Waals surface area contributed by atoms with E-state index in [-0.39, 0.29) is 0 Å². The fraction of sp³-hybridized carbons (Fsp3) is 0.0769. The highest BCUT2D eigenvalue weighted by molar-refractivity contribution is 7.85. The Kier molecular flexibility index (Phi) is 35.7. The standard InChI is InChI=1S/2C54H38.2C8H10.2C2H6.2CH4O3S/c2*1-7-19-39(20-8-1)47-35-37-49(41-23-11-3-12-24-41)53(51(47)43-27-15-5-16-28-43)45-31-33-46(34-32-45)54-50(42-25-13-4-14-26-42)38-36-48(40-21-9-2-10-22-40)52(54)44-29-17-6-18-30-44;2*1-7-3-5-8(2)6-4-7;2*1-2;2*1-5(2,3)4/h2*1-38H;2*3-6H,1-2H3;2*1-2H3;2*1H3,(H,2,3,4). The fourth-order valence-corrected chi connectivity index (χ4v) is 17.0. The average molecular weight is 1840 g/mol. The van der Waals surface area contributed by atoms with Crippen LogP contribution in [-0.4, -0.2) is 38.5 Å². The van der Waals surface area contributed by atoms with E-state index in [1.54, 1.807) is 0 Å². The molecule has 0 heterocycles. The highest BCUT2D eigenvalue weighted by Crippen LogP contribution is 2.52. The van der Waals surface area contributed by atoms with Gasteiger partial charge in [0.25, 0.3) is 20.2 Å². The Balaban J connectivity index is 0.000000179. The Morgan fingerprint density at radius 3 is 0.304 bits per heavy atom. The van der Waals surface area contributed by atoms with E-state index < -0.39 is 20.2 Å². The second-order valence-corrected chi connectivity index (χ2v) is 35.9. The zero-order valence-corrected chi connectivity index (χ0v) is 81.5. The highest BCUT2D eigenvalue weighted by Gasteiger charge is 2.26. The molecule has 0 fully saturated rings. The number of hydrogen-bond acceptors (Lipinski definition) is 4. The molecule has 0 spiro atoms. The summed E-state index contributed by atoms with van der Waals surface area (Å²) in [6.45, 7) is 16.4. The van der Waals surface area contributed by atoms with Crippen LogP contribution in [0.5, 0.6) is 0 Å². The van der Waals surface area contributed by atoms with Crippen molar-refractivity contribution in [2.45, 2.75) is 55.4 Å². The molecule has 138 heavy (non-hydrogen) atoms. The minimum absolute atomic E-state index is 0.715. The van der Waals surface area contributed by atoms with E-state index in [1.807, 2.05) is 27.7 Å². The molecule has 20 aromatic rings. The van der Waals surface area contributed by atoms with Gasteiger partial charge in [-0.1, -0.05) is 560 Å². The summed E-state index contributed by atoms with van der Waals surface area (Å²) in [5, 5.41) is 0. The molecule has 20 rings (SSSR count). The molecular formula is C130H116O6S2. The molecule has 0 bridgehead atoms. The number of rotatable bonds is 16. The van der Waals surface area contributed by atoms with Gasteiger partial charge in [0.05, 0.1) is 12.5 Å². The largest absolute Gasteiger partial charge is 0.286 e. The molecular weight excluding hydrogens is 1720 g/mol. The van der Waals surface area contributed by atoms with Gasteiger partial charge in [-0.05, 0) is 206 Å². The van der Waals surface area contributed by atoms with Gasteiger partial charge in [0.2, 0.25) is 0 Å². The smallest absolute Gasteiger partial charge is 0.261 e. The lowest BCUT2D eigenvalue weighted by Gasteiger charge is -2.22. The fourth-order valence-electron chi connectivity index (χ4n) is 17.0. The summed E-state index contributed by atoms with van der Waals surface area (Å²) in [7, 11) is -7.33. The molecule has 6 nitrogen and oxygen atoms in total. The van der Waals surface area contributed by atoms with Crippen molar-refractivity contribution in [1.29, 1.82) is 0 Å². The van der Waals surface area contributed by atoms with Crippen LogP contribution in [0.1, 0.15) is 49.9 Å². The molecule has 0 aromatic heterocycles. The van der Waals surface area contributed by atoms with Crippen molar-refractivity contribution in [3.63, 3.8) is 0 Å². The van der Waals surface area contributed by atoms with Gasteiger partial charge in [-0.15, -0.1) is 0 Å². The third-order valence-corrected chi connectivity index (χ3v) is 23.1. The van der Waals surface area contributed by atoms with Gasteiger partial charge < -0.3 is 0 Å². The van der Waals surface area contributed by atoms with Crippen LogP contribution in [0.4, 0.5) is 0 Å². The second-order valence-electron chi connectivity index (χ2n) is 33.0. The van der Waals surface area contributed by atoms with Crippen molar-refractivity contribution in [3.8, 4) is 178 Å².